The molecule has 9 heteroatoms. The normalized spacial score (nSPS) is 19.6. The van der Waals surface area contributed by atoms with Crippen molar-refractivity contribution in [3.05, 3.63) is 59.2 Å². The zero-order valence-corrected chi connectivity index (χ0v) is 22.9. The number of morpholine rings is 1. The van der Waals surface area contributed by atoms with E-state index in [1.165, 1.54) is 11.0 Å². The average molecular weight is 539 g/mol. The van der Waals surface area contributed by atoms with Crippen LogP contribution in [-0.4, -0.2) is 84.3 Å². The number of aliphatic hydroxyl groups is 1. The van der Waals surface area contributed by atoms with Gasteiger partial charge in [-0.05, 0) is 61.2 Å². The van der Waals surface area contributed by atoms with E-state index in [4.69, 9.17) is 14.2 Å². The summed E-state index contributed by atoms with van der Waals surface area (Å²) in [5.41, 5.74) is 0.989. The molecular formula is C30H38N2O7. The highest BCUT2D eigenvalue weighted by molar-refractivity contribution is 6.46. The Balaban J connectivity index is 1.67. The molecule has 0 radical (unpaired) electrons. The minimum Gasteiger partial charge on any atom is -0.507 e. The van der Waals surface area contributed by atoms with Gasteiger partial charge < -0.3 is 29.3 Å². The molecule has 2 aromatic rings. The molecule has 1 unspecified atom stereocenters. The number of benzene rings is 2. The molecular weight excluding hydrogens is 500 g/mol. The molecule has 1 atom stereocenters. The lowest BCUT2D eigenvalue weighted by Gasteiger charge is -2.29. The SMILES string of the molecule is CCOc1cc(C2/C(=C(\O)c3ccc(OCC(C)C)cc3)C(=O)C(=O)N2CCCN2CCOCC2)ccc1O. The highest BCUT2D eigenvalue weighted by Gasteiger charge is 2.46. The molecule has 2 fully saturated rings. The molecule has 0 aromatic heterocycles. The van der Waals surface area contributed by atoms with Crippen LogP contribution in [0.5, 0.6) is 17.2 Å². The lowest BCUT2D eigenvalue weighted by molar-refractivity contribution is -0.140. The highest BCUT2D eigenvalue weighted by atomic mass is 16.5. The number of ketones is 1. The summed E-state index contributed by atoms with van der Waals surface area (Å²) in [6.45, 7) is 10.9. The maximum Gasteiger partial charge on any atom is 0.295 e. The van der Waals surface area contributed by atoms with Crippen LogP contribution in [0.3, 0.4) is 0 Å². The van der Waals surface area contributed by atoms with Gasteiger partial charge in [0.25, 0.3) is 11.7 Å². The molecule has 2 aliphatic rings. The number of ether oxygens (including phenoxy) is 3. The summed E-state index contributed by atoms with van der Waals surface area (Å²) in [5.74, 6) is -0.427. The largest absolute Gasteiger partial charge is 0.507 e. The fraction of sp³-hybridized carbons (Fsp3) is 0.467. The van der Waals surface area contributed by atoms with Gasteiger partial charge in [0.15, 0.2) is 11.5 Å². The topological polar surface area (TPSA) is 109 Å². The van der Waals surface area contributed by atoms with E-state index in [0.717, 1.165) is 19.6 Å². The summed E-state index contributed by atoms with van der Waals surface area (Å²) >= 11 is 0. The van der Waals surface area contributed by atoms with Gasteiger partial charge in [-0.2, -0.15) is 0 Å². The van der Waals surface area contributed by atoms with Crippen LogP contribution in [0, 0.1) is 5.92 Å². The molecule has 0 saturated carbocycles. The zero-order valence-electron chi connectivity index (χ0n) is 22.9. The molecule has 2 aliphatic heterocycles. The highest BCUT2D eigenvalue weighted by Crippen LogP contribution is 2.42. The van der Waals surface area contributed by atoms with E-state index < -0.39 is 17.7 Å². The number of carbonyl (C=O) groups excluding carboxylic acids is 2. The maximum absolute atomic E-state index is 13.4. The second-order valence-electron chi connectivity index (χ2n) is 10.2. The fourth-order valence-electron chi connectivity index (χ4n) is 4.85. The Morgan fingerprint density at radius 3 is 2.44 bits per heavy atom. The van der Waals surface area contributed by atoms with E-state index in [1.54, 1.807) is 43.3 Å². The Labute approximate surface area is 229 Å². The van der Waals surface area contributed by atoms with Crippen molar-refractivity contribution in [1.82, 2.24) is 9.80 Å². The van der Waals surface area contributed by atoms with Crippen LogP contribution in [0.2, 0.25) is 0 Å². The van der Waals surface area contributed by atoms with Crippen molar-refractivity contribution < 1.29 is 34.0 Å². The number of Topliss-reactive ketones (excluding diaryl/α,β-unsaturated/α-hetero) is 1. The number of nitrogens with zero attached hydrogens (tertiary/aromatic N) is 2. The average Bonchev–Trinajstić information content (AvgIpc) is 3.19. The summed E-state index contributed by atoms with van der Waals surface area (Å²) in [5, 5.41) is 21.6. The molecule has 39 heavy (non-hydrogen) atoms. The first-order valence-corrected chi connectivity index (χ1v) is 13.6. The van der Waals surface area contributed by atoms with E-state index in [9.17, 15) is 19.8 Å². The summed E-state index contributed by atoms with van der Waals surface area (Å²) in [6.07, 6.45) is 0.655. The Morgan fingerprint density at radius 1 is 1.05 bits per heavy atom. The van der Waals surface area contributed by atoms with Crippen LogP contribution < -0.4 is 9.47 Å². The van der Waals surface area contributed by atoms with Crippen LogP contribution in [0.15, 0.2) is 48.0 Å². The number of phenols is 1. The Kier molecular flexibility index (Phi) is 9.48. The van der Waals surface area contributed by atoms with Gasteiger partial charge in [-0.15, -0.1) is 0 Å². The molecule has 210 valence electrons. The first kappa shape index (κ1) is 28.4. The van der Waals surface area contributed by atoms with Crippen LogP contribution in [0.25, 0.3) is 5.76 Å². The van der Waals surface area contributed by atoms with E-state index in [0.29, 0.717) is 62.2 Å². The van der Waals surface area contributed by atoms with Gasteiger partial charge >= 0.3 is 0 Å². The van der Waals surface area contributed by atoms with E-state index in [2.05, 4.69) is 18.7 Å². The zero-order chi connectivity index (χ0) is 27.9. The van der Waals surface area contributed by atoms with Gasteiger partial charge in [0.1, 0.15) is 11.5 Å². The quantitative estimate of drug-likeness (QED) is 0.251. The van der Waals surface area contributed by atoms with E-state index in [-0.39, 0.29) is 22.8 Å². The predicted octanol–water partition coefficient (Wildman–Crippen LogP) is 3.97. The Bertz CT molecular complexity index is 1190. The van der Waals surface area contributed by atoms with Crippen molar-refractivity contribution in [3.63, 3.8) is 0 Å². The lowest BCUT2D eigenvalue weighted by atomic mass is 9.95. The van der Waals surface area contributed by atoms with Gasteiger partial charge in [-0.25, -0.2) is 0 Å². The minimum atomic E-state index is -0.827. The van der Waals surface area contributed by atoms with Crippen molar-refractivity contribution in [2.45, 2.75) is 33.2 Å². The van der Waals surface area contributed by atoms with Crippen LogP contribution in [0.4, 0.5) is 0 Å². The number of aliphatic hydroxyl groups excluding tert-OH is 1. The third-order valence-electron chi connectivity index (χ3n) is 6.83. The summed E-state index contributed by atoms with van der Waals surface area (Å²) in [4.78, 5) is 30.4. The Morgan fingerprint density at radius 2 is 1.77 bits per heavy atom. The first-order valence-electron chi connectivity index (χ1n) is 13.6. The van der Waals surface area contributed by atoms with E-state index in [1.807, 2.05) is 0 Å². The molecule has 0 spiro atoms. The molecule has 0 aliphatic carbocycles. The number of hydrogen-bond donors (Lipinski definition) is 2. The minimum absolute atomic E-state index is 0.00959. The molecule has 4 rings (SSSR count). The summed E-state index contributed by atoms with van der Waals surface area (Å²) in [6, 6.07) is 10.8. The molecule has 2 saturated heterocycles. The number of hydrogen-bond acceptors (Lipinski definition) is 8. The van der Waals surface area contributed by atoms with Crippen molar-refractivity contribution in [3.8, 4) is 17.2 Å². The third-order valence-corrected chi connectivity index (χ3v) is 6.83. The first-order chi connectivity index (χ1) is 18.8. The van der Waals surface area contributed by atoms with Gasteiger partial charge in [0.2, 0.25) is 0 Å². The number of phenolic OH excluding ortho intramolecular Hbond substituents is 1. The molecule has 1 amide bonds. The van der Waals surface area contributed by atoms with Gasteiger partial charge in [-0.3, -0.25) is 14.5 Å². The number of likely N-dealkylation sites (tertiary alicyclic amines) is 1. The smallest absolute Gasteiger partial charge is 0.295 e. The van der Waals surface area contributed by atoms with Crippen molar-refractivity contribution >= 4 is 17.4 Å². The molecule has 2 N–H and O–H groups in total. The monoisotopic (exact) mass is 538 g/mol. The third kappa shape index (κ3) is 6.72. The second kappa shape index (κ2) is 13.0. The van der Waals surface area contributed by atoms with Gasteiger partial charge in [0.05, 0.1) is 38.0 Å². The number of amides is 1. The number of aromatic hydroxyl groups is 1. The summed E-state index contributed by atoms with van der Waals surface area (Å²) < 4.78 is 16.7. The standard InChI is InChI=1S/C30H38N2O7/c1-4-38-25-18-22(8-11-24(25)33)27-26(28(34)21-6-9-23(10-7-21)39-19-20(2)3)29(35)30(36)32(27)13-5-12-31-14-16-37-17-15-31/h6-11,18,20,27,33-34H,4-5,12-17,19H2,1-3H3/b28-26+. The number of carbonyl (C=O) groups is 2. The van der Waals surface area contributed by atoms with Crippen LogP contribution in [0.1, 0.15) is 44.4 Å². The maximum atomic E-state index is 13.4. The van der Waals surface area contributed by atoms with Crippen molar-refractivity contribution in [2.24, 2.45) is 5.92 Å². The molecule has 9 nitrogen and oxygen atoms in total. The summed E-state index contributed by atoms with van der Waals surface area (Å²) in [7, 11) is 0. The van der Waals surface area contributed by atoms with Gasteiger partial charge in [0, 0.05) is 31.7 Å². The molecule has 2 aromatic carbocycles. The predicted molar refractivity (Wildman–Crippen MR) is 147 cm³/mol. The van der Waals surface area contributed by atoms with Crippen LogP contribution in [-0.2, 0) is 14.3 Å². The fourth-order valence-corrected chi connectivity index (χ4v) is 4.85. The molecule has 2 heterocycles. The number of rotatable bonds is 11. The van der Waals surface area contributed by atoms with Crippen molar-refractivity contribution in [1.29, 1.82) is 0 Å². The van der Waals surface area contributed by atoms with Gasteiger partial charge in [-0.1, -0.05) is 19.9 Å². The lowest BCUT2D eigenvalue weighted by Crippen LogP contribution is -2.38. The molecule has 0 bridgehead atoms. The van der Waals surface area contributed by atoms with Crippen molar-refractivity contribution in [2.75, 3.05) is 52.6 Å². The van der Waals surface area contributed by atoms with E-state index >= 15 is 0 Å². The van der Waals surface area contributed by atoms with Crippen LogP contribution >= 0.6 is 0 Å². The second-order valence-corrected chi connectivity index (χ2v) is 10.2. The Hall–Kier alpha value is -3.56.